The molecule has 0 saturated heterocycles. The molecule has 0 aliphatic carbocycles. The molecule has 7 heteroatoms. The van der Waals surface area contributed by atoms with Gasteiger partial charge in [-0.2, -0.15) is 0 Å². The second-order valence-corrected chi connectivity index (χ2v) is 4.15. The van der Waals surface area contributed by atoms with Crippen LogP contribution in [0.3, 0.4) is 0 Å². The summed E-state index contributed by atoms with van der Waals surface area (Å²) in [6, 6.07) is 8.60. The maximum absolute atomic E-state index is 11.2. The minimum absolute atomic E-state index is 0.0146. The summed E-state index contributed by atoms with van der Waals surface area (Å²) in [5.74, 6) is -2.67. The molecule has 0 atom stereocenters. The Balaban J connectivity index is 2.54. The van der Waals surface area contributed by atoms with Gasteiger partial charge in [-0.25, -0.2) is 9.59 Å². The van der Waals surface area contributed by atoms with Gasteiger partial charge in [0.2, 0.25) is 0 Å². The van der Waals surface area contributed by atoms with Gasteiger partial charge < -0.3 is 26.4 Å². The summed E-state index contributed by atoms with van der Waals surface area (Å²) < 4.78 is 5.40. The van der Waals surface area contributed by atoms with Crippen molar-refractivity contribution in [1.82, 2.24) is 0 Å². The highest BCUT2D eigenvalue weighted by Crippen LogP contribution is 2.33. The number of ether oxygens (including phenoxy) is 1. The average molecular weight is 288 g/mol. The minimum atomic E-state index is -1.27. The van der Waals surface area contributed by atoms with Crippen molar-refractivity contribution in [2.24, 2.45) is 0 Å². The predicted molar refractivity (Wildman–Crippen MR) is 75.7 cm³/mol. The fourth-order valence-electron chi connectivity index (χ4n) is 1.84. The Hall–Kier alpha value is -3.22. The molecule has 6 N–H and O–H groups in total. The number of aromatic carboxylic acids is 2. The SMILES string of the molecule is Nc1cccc(Oc2cccc(N)c2C(=O)O)c1C(=O)O. The summed E-state index contributed by atoms with van der Waals surface area (Å²) in [5, 5.41) is 18.3. The molecule has 0 aliphatic rings. The van der Waals surface area contributed by atoms with Gasteiger partial charge in [-0.1, -0.05) is 12.1 Å². The zero-order chi connectivity index (χ0) is 15.6. The van der Waals surface area contributed by atoms with Crippen LogP contribution in [0.2, 0.25) is 0 Å². The second-order valence-electron chi connectivity index (χ2n) is 4.15. The lowest BCUT2D eigenvalue weighted by Crippen LogP contribution is -2.08. The van der Waals surface area contributed by atoms with Gasteiger partial charge in [0.15, 0.2) is 0 Å². The number of hydrogen-bond acceptors (Lipinski definition) is 5. The van der Waals surface area contributed by atoms with Crippen LogP contribution in [0.4, 0.5) is 11.4 Å². The van der Waals surface area contributed by atoms with E-state index in [9.17, 15) is 9.59 Å². The monoisotopic (exact) mass is 288 g/mol. The van der Waals surface area contributed by atoms with Crippen molar-refractivity contribution in [1.29, 1.82) is 0 Å². The van der Waals surface area contributed by atoms with Crippen molar-refractivity contribution in [3.63, 3.8) is 0 Å². The zero-order valence-electron chi connectivity index (χ0n) is 10.7. The van der Waals surface area contributed by atoms with Crippen molar-refractivity contribution in [2.75, 3.05) is 11.5 Å². The van der Waals surface area contributed by atoms with Crippen LogP contribution in [0.15, 0.2) is 36.4 Å². The van der Waals surface area contributed by atoms with Crippen LogP contribution in [-0.4, -0.2) is 22.2 Å². The van der Waals surface area contributed by atoms with E-state index in [-0.39, 0.29) is 34.0 Å². The first-order chi connectivity index (χ1) is 9.91. The molecular formula is C14H12N2O5. The molecule has 0 amide bonds. The Kier molecular flexibility index (Phi) is 3.66. The summed E-state index contributed by atoms with van der Waals surface area (Å²) in [5.41, 5.74) is 10.8. The quantitative estimate of drug-likeness (QED) is 0.632. The fourth-order valence-corrected chi connectivity index (χ4v) is 1.84. The van der Waals surface area contributed by atoms with Crippen LogP contribution in [0.25, 0.3) is 0 Å². The molecule has 0 saturated carbocycles. The zero-order valence-corrected chi connectivity index (χ0v) is 10.7. The highest BCUT2D eigenvalue weighted by molar-refractivity contribution is 5.98. The molecule has 0 bridgehead atoms. The summed E-state index contributed by atoms with van der Waals surface area (Å²) >= 11 is 0. The normalized spacial score (nSPS) is 10.1. The van der Waals surface area contributed by atoms with Crippen molar-refractivity contribution in [2.45, 2.75) is 0 Å². The number of carboxylic acid groups (broad SMARTS) is 2. The van der Waals surface area contributed by atoms with E-state index in [4.69, 9.17) is 26.4 Å². The number of rotatable bonds is 4. The molecule has 2 rings (SSSR count). The Morgan fingerprint density at radius 1 is 0.810 bits per heavy atom. The number of carbonyl (C=O) groups is 2. The molecule has 2 aromatic carbocycles. The first-order valence-electron chi connectivity index (χ1n) is 5.83. The van der Waals surface area contributed by atoms with E-state index in [2.05, 4.69) is 0 Å². The molecule has 0 heterocycles. The summed E-state index contributed by atoms with van der Waals surface area (Å²) in [4.78, 5) is 22.4. The van der Waals surface area contributed by atoms with Crippen LogP contribution in [0, 0.1) is 0 Å². The molecule has 0 aromatic heterocycles. The van der Waals surface area contributed by atoms with E-state index in [1.807, 2.05) is 0 Å². The molecule has 0 aliphatic heterocycles. The van der Waals surface area contributed by atoms with E-state index < -0.39 is 11.9 Å². The number of nitrogens with two attached hydrogens (primary N) is 2. The number of nitrogen functional groups attached to an aromatic ring is 2. The Morgan fingerprint density at radius 3 is 1.52 bits per heavy atom. The lowest BCUT2D eigenvalue weighted by molar-refractivity contribution is 0.0688. The largest absolute Gasteiger partial charge is 0.477 e. The summed E-state index contributed by atoms with van der Waals surface area (Å²) in [7, 11) is 0. The van der Waals surface area contributed by atoms with Crippen molar-refractivity contribution in [3.05, 3.63) is 47.5 Å². The van der Waals surface area contributed by atoms with Gasteiger partial charge in [-0.15, -0.1) is 0 Å². The van der Waals surface area contributed by atoms with E-state index in [0.717, 1.165) is 0 Å². The molecule has 0 radical (unpaired) electrons. The first-order valence-corrected chi connectivity index (χ1v) is 5.83. The number of anilines is 2. The summed E-state index contributed by atoms with van der Waals surface area (Å²) in [6.07, 6.45) is 0. The van der Waals surface area contributed by atoms with Gasteiger partial charge in [0.1, 0.15) is 22.6 Å². The Bertz CT molecular complexity index is 666. The van der Waals surface area contributed by atoms with Crippen molar-refractivity contribution < 1.29 is 24.5 Å². The highest BCUT2D eigenvalue weighted by atomic mass is 16.5. The second kappa shape index (κ2) is 5.41. The van der Waals surface area contributed by atoms with Gasteiger partial charge in [0.25, 0.3) is 0 Å². The standard InChI is InChI=1S/C14H12N2O5/c15-7-3-1-5-9(11(7)13(17)18)21-10-6-2-4-8(16)12(10)14(19)20/h1-6H,15-16H2,(H,17,18)(H,19,20). The molecular weight excluding hydrogens is 276 g/mol. The van der Waals surface area contributed by atoms with Crippen molar-refractivity contribution in [3.8, 4) is 11.5 Å². The lowest BCUT2D eigenvalue weighted by Gasteiger charge is -2.13. The topological polar surface area (TPSA) is 136 Å². The molecule has 7 nitrogen and oxygen atoms in total. The third-order valence-corrected chi connectivity index (χ3v) is 2.76. The maximum atomic E-state index is 11.2. The molecule has 0 unspecified atom stereocenters. The van der Waals surface area contributed by atoms with Crippen LogP contribution >= 0.6 is 0 Å². The summed E-state index contributed by atoms with van der Waals surface area (Å²) in [6.45, 7) is 0. The third-order valence-electron chi connectivity index (χ3n) is 2.76. The van der Waals surface area contributed by atoms with Crippen molar-refractivity contribution >= 4 is 23.3 Å². The molecule has 21 heavy (non-hydrogen) atoms. The molecule has 0 fully saturated rings. The van der Waals surface area contributed by atoms with Gasteiger partial charge in [0, 0.05) is 11.4 Å². The number of carboxylic acids is 2. The fraction of sp³-hybridized carbons (Fsp3) is 0. The lowest BCUT2D eigenvalue weighted by atomic mass is 10.1. The third kappa shape index (κ3) is 2.71. The molecule has 0 spiro atoms. The smallest absolute Gasteiger partial charge is 0.341 e. The van der Waals surface area contributed by atoms with E-state index in [1.165, 1.54) is 36.4 Å². The van der Waals surface area contributed by atoms with E-state index >= 15 is 0 Å². The van der Waals surface area contributed by atoms with Crippen LogP contribution in [0.5, 0.6) is 11.5 Å². The average Bonchev–Trinajstić information content (AvgIpc) is 2.37. The van der Waals surface area contributed by atoms with Crippen LogP contribution < -0.4 is 16.2 Å². The van der Waals surface area contributed by atoms with Crippen LogP contribution in [-0.2, 0) is 0 Å². The van der Waals surface area contributed by atoms with E-state index in [1.54, 1.807) is 0 Å². The van der Waals surface area contributed by atoms with Gasteiger partial charge in [0.05, 0.1) is 0 Å². The van der Waals surface area contributed by atoms with E-state index in [0.29, 0.717) is 0 Å². The maximum Gasteiger partial charge on any atom is 0.341 e. The first kappa shape index (κ1) is 14.2. The molecule has 2 aromatic rings. The Morgan fingerprint density at radius 2 is 1.19 bits per heavy atom. The molecule has 108 valence electrons. The Labute approximate surface area is 119 Å². The van der Waals surface area contributed by atoms with Gasteiger partial charge in [-0.05, 0) is 24.3 Å². The van der Waals surface area contributed by atoms with Crippen LogP contribution in [0.1, 0.15) is 20.7 Å². The van der Waals surface area contributed by atoms with Gasteiger partial charge in [-0.3, -0.25) is 0 Å². The predicted octanol–water partition coefficient (Wildman–Crippen LogP) is 2.04. The minimum Gasteiger partial charge on any atom is -0.477 e. The number of hydrogen-bond donors (Lipinski definition) is 4. The van der Waals surface area contributed by atoms with Gasteiger partial charge >= 0.3 is 11.9 Å². The highest BCUT2D eigenvalue weighted by Gasteiger charge is 2.20. The number of benzene rings is 2.